The van der Waals surface area contributed by atoms with Gasteiger partial charge in [0, 0.05) is 5.92 Å². The summed E-state index contributed by atoms with van der Waals surface area (Å²) in [6.45, 7) is 8.73. The lowest BCUT2D eigenvalue weighted by atomic mass is 10.2. The van der Waals surface area contributed by atoms with Gasteiger partial charge in [-0.25, -0.2) is 4.98 Å². The Bertz CT molecular complexity index is 644. The number of hydrogen-bond acceptors (Lipinski definition) is 4. The molecule has 0 fully saturated rings. The molecule has 1 heterocycles. The summed E-state index contributed by atoms with van der Waals surface area (Å²) < 4.78 is 7.17. The van der Waals surface area contributed by atoms with E-state index < -0.39 is 0 Å². The highest BCUT2D eigenvalue weighted by atomic mass is 16.5. The SMILES string of the molecule is CC(C)COC(=O)Cn1c(C(C)C)nc2c(N)cccc21. The van der Waals surface area contributed by atoms with Crippen LogP contribution < -0.4 is 5.73 Å². The van der Waals surface area contributed by atoms with E-state index in [4.69, 9.17) is 10.5 Å². The van der Waals surface area contributed by atoms with Gasteiger partial charge >= 0.3 is 5.97 Å². The predicted molar refractivity (Wildman–Crippen MR) is 84.0 cm³/mol. The summed E-state index contributed by atoms with van der Waals surface area (Å²) in [6, 6.07) is 5.63. The van der Waals surface area contributed by atoms with Crippen LogP contribution in [0.2, 0.25) is 0 Å². The normalized spacial score (nSPS) is 11.5. The number of nitrogens with two attached hydrogens (primary N) is 1. The Hall–Kier alpha value is -2.04. The lowest BCUT2D eigenvalue weighted by Gasteiger charge is -2.12. The van der Waals surface area contributed by atoms with Crippen LogP contribution in [0.1, 0.15) is 39.4 Å². The molecule has 114 valence electrons. The maximum atomic E-state index is 12.0. The third kappa shape index (κ3) is 3.35. The third-order valence-electron chi connectivity index (χ3n) is 3.22. The van der Waals surface area contributed by atoms with Crippen LogP contribution in [0.5, 0.6) is 0 Å². The molecule has 5 heteroatoms. The monoisotopic (exact) mass is 289 g/mol. The fraction of sp³-hybridized carbons (Fsp3) is 0.500. The first kappa shape index (κ1) is 15.4. The second kappa shape index (κ2) is 6.16. The molecule has 0 aliphatic carbocycles. The number of nitrogen functional groups attached to an aromatic ring is 1. The summed E-state index contributed by atoms with van der Waals surface area (Å²) in [7, 11) is 0. The van der Waals surface area contributed by atoms with Crippen molar-refractivity contribution in [1.29, 1.82) is 0 Å². The minimum atomic E-state index is -0.243. The van der Waals surface area contributed by atoms with E-state index in [1.807, 2.05) is 50.5 Å². The summed E-state index contributed by atoms with van der Waals surface area (Å²) >= 11 is 0. The molecule has 1 aromatic heterocycles. The number of anilines is 1. The zero-order valence-electron chi connectivity index (χ0n) is 13.1. The molecular formula is C16H23N3O2. The third-order valence-corrected chi connectivity index (χ3v) is 3.22. The van der Waals surface area contributed by atoms with E-state index >= 15 is 0 Å². The Morgan fingerprint density at radius 2 is 2.05 bits per heavy atom. The van der Waals surface area contributed by atoms with Crippen LogP contribution in [0.4, 0.5) is 5.69 Å². The van der Waals surface area contributed by atoms with Crippen molar-refractivity contribution in [3.8, 4) is 0 Å². The van der Waals surface area contributed by atoms with Crippen LogP contribution >= 0.6 is 0 Å². The van der Waals surface area contributed by atoms with Gasteiger partial charge in [0.25, 0.3) is 0 Å². The van der Waals surface area contributed by atoms with Gasteiger partial charge in [0.2, 0.25) is 0 Å². The number of imidazole rings is 1. The van der Waals surface area contributed by atoms with E-state index in [0.29, 0.717) is 18.2 Å². The summed E-state index contributed by atoms with van der Waals surface area (Å²) in [5.74, 6) is 1.14. The van der Waals surface area contributed by atoms with Crippen LogP contribution in [0.3, 0.4) is 0 Å². The summed E-state index contributed by atoms with van der Waals surface area (Å²) in [5.41, 5.74) is 8.23. The van der Waals surface area contributed by atoms with Crippen LogP contribution in [0.15, 0.2) is 18.2 Å². The quantitative estimate of drug-likeness (QED) is 0.678. The van der Waals surface area contributed by atoms with E-state index in [2.05, 4.69) is 4.98 Å². The Balaban J connectivity index is 2.35. The molecule has 0 radical (unpaired) electrons. The first-order valence-corrected chi connectivity index (χ1v) is 7.30. The number of carbonyl (C=O) groups excluding carboxylic acids is 1. The van der Waals surface area contributed by atoms with Crippen molar-refractivity contribution in [3.05, 3.63) is 24.0 Å². The van der Waals surface area contributed by atoms with E-state index in [1.54, 1.807) is 0 Å². The molecule has 0 unspecified atom stereocenters. The second-order valence-electron chi connectivity index (χ2n) is 6.00. The van der Waals surface area contributed by atoms with Gasteiger partial charge in [-0.05, 0) is 18.1 Å². The van der Waals surface area contributed by atoms with Gasteiger partial charge in [-0.1, -0.05) is 33.8 Å². The van der Waals surface area contributed by atoms with Crippen molar-refractivity contribution < 1.29 is 9.53 Å². The van der Waals surface area contributed by atoms with E-state index in [-0.39, 0.29) is 18.4 Å². The van der Waals surface area contributed by atoms with Crippen molar-refractivity contribution in [2.75, 3.05) is 12.3 Å². The molecule has 0 bridgehead atoms. The fourth-order valence-corrected chi connectivity index (χ4v) is 2.23. The molecule has 0 aliphatic rings. The summed E-state index contributed by atoms with van der Waals surface area (Å²) in [4.78, 5) is 16.6. The second-order valence-corrected chi connectivity index (χ2v) is 6.00. The average molecular weight is 289 g/mol. The minimum absolute atomic E-state index is 0.167. The summed E-state index contributed by atoms with van der Waals surface area (Å²) in [6.07, 6.45) is 0. The van der Waals surface area contributed by atoms with Crippen LogP contribution in [0.25, 0.3) is 11.0 Å². The number of aromatic nitrogens is 2. The maximum Gasteiger partial charge on any atom is 0.326 e. The van der Waals surface area contributed by atoms with Gasteiger partial charge in [-0.2, -0.15) is 0 Å². The molecule has 2 rings (SSSR count). The van der Waals surface area contributed by atoms with Crippen LogP contribution in [-0.4, -0.2) is 22.1 Å². The number of nitrogens with zero attached hydrogens (tertiary/aromatic N) is 2. The number of ether oxygens (including phenoxy) is 1. The molecule has 0 spiro atoms. The smallest absolute Gasteiger partial charge is 0.326 e. The van der Waals surface area contributed by atoms with Crippen molar-refractivity contribution in [2.45, 2.75) is 40.2 Å². The molecule has 5 nitrogen and oxygen atoms in total. The Morgan fingerprint density at radius 1 is 1.33 bits per heavy atom. The van der Waals surface area contributed by atoms with Crippen LogP contribution in [-0.2, 0) is 16.1 Å². The van der Waals surface area contributed by atoms with E-state index in [1.165, 1.54) is 0 Å². The van der Waals surface area contributed by atoms with Crippen molar-refractivity contribution in [3.63, 3.8) is 0 Å². The number of hydrogen-bond donors (Lipinski definition) is 1. The zero-order chi connectivity index (χ0) is 15.6. The highest BCUT2D eigenvalue weighted by molar-refractivity contribution is 5.88. The molecule has 0 saturated heterocycles. The highest BCUT2D eigenvalue weighted by Gasteiger charge is 2.18. The largest absolute Gasteiger partial charge is 0.464 e. The number of para-hydroxylation sites is 1. The number of rotatable bonds is 5. The predicted octanol–water partition coefficient (Wildman–Crippen LogP) is 2.94. The number of fused-ring (bicyclic) bond motifs is 1. The maximum absolute atomic E-state index is 12.0. The Morgan fingerprint density at radius 3 is 2.67 bits per heavy atom. The van der Waals surface area contributed by atoms with Gasteiger partial charge in [0.05, 0.1) is 17.8 Å². The highest BCUT2D eigenvalue weighted by Crippen LogP contribution is 2.25. The fourth-order valence-electron chi connectivity index (χ4n) is 2.23. The number of esters is 1. The minimum Gasteiger partial charge on any atom is -0.464 e. The molecule has 0 saturated carbocycles. The standard InChI is InChI=1S/C16H23N3O2/c1-10(2)9-21-14(20)8-19-13-7-5-6-12(17)15(13)18-16(19)11(3)4/h5-7,10-11H,8-9,17H2,1-4H3. The zero-order valence-corrected chi connectivity index (χ0v) is 13.1. The molecule has 2 aromatic rings. The Labute approximate surface area is 125 Å². The molecule has 0 atom stereocenters. The number of benzene rings is 1. The molecule has 0 aliphatic heterocycles. The van der Waals surface area contributed by atoms with Gasteiger partial charge in [-0.3, -0.25) is 4.79 Å². The van der Waals surface area contributed by atoms with Crippen molar-refractivity contribution >= 4 is 22.7 Å². The lowest BCUT2D eigenvalue weighted by Crippen LogP contribution is -2.18. The molecule has 2 N–H and O–H groups in total. The molecule has 1 aromatic carbocycles. The molecular weight excluding hydrogens is 266 g/mol. The molecule has 21 heavy (non-hydrogen) atoms. The van der Waals surface area contributed by atoms with Crippen molar-refractivity contribution in [1.82, 2.24) is 9.55 Å². The number of carbonyl (C=O) groups is 1. The van der Waals surface area contributed by atoms with Gasteiger partial charge in [0.15, 0.2) is 0 Å². The van der Waals surface area contributed by atoms with E-state index in [0.717, 1.165) is 16.9 Å². The van der Waals surface area contributed by atoms with Gasteiger partial charge < -0.3 is 15.0 Å². The van der Waals surface area contributed by atoms with Crippen molar-refractivity contribution in [2.24, 2.45) is 5.92 Å². The first-order valence-electron chi connectivity index (χ1n) is 7.30. The Kier molecular flexibility index (Phi) is 4.50. The van der Waals surface area contributed by atoms with Gasteiger partial charge in [0.1, 0.15) is 17.9 Å². The van der Waals surface area contributed by atoms with Crippen LogP contribution in [0, 0.1) is 5.92 Å². The topological polar surface area (TPSA) is 70.1 Å². The van der Waals surface area contributed by atoms with Gasteiger partial charge in [-0.15, -0.1) is 0 Å². The first-order chi connectivity index (χ1) is 9.90. The summed E-state index contributed by atoms with van der Waals surface area (Å²) in [5, 5.41) is 0. The average Bonchev–Trinajstić information content (AvgIpc) is 2.77. The van der Waals surface area contributed by atoms with E-state index in [9.17, 15) is 4.79 Å². The lowest BCUT2D eigenvalue weighted by molar-refractivity contribution is -0.145. The molecule has 0 amide bonds.